The van der Waals surface area contributed by atoms with Crippen LogP contribution in [0, 0.1) is 0 Å². The molecular weight excluding hydrogens is 278 g/mol. The predicted octanol–water partition coefficient (Wildman–Crippen LogP) is 5.11. The van der Waals surface area contributed by atoms with Crippen molar-refractivity contribution in [3.8, 4) is 0 Å². The van der Waals surface area contributed by atoms with Gasteiger partial charge in [0.05, 0.1) is 0 Å². The number of rotatable bonds is 3. The van der Waals surface area contributed by atoms with Gasteiger partial charge in [-0.3, -0.25) is 0 Å². The first-order valence-electron chi connectivity index (χ1n) is 7.81. The quantitative estimate of drug-likeness (QED) is 0.663. The molecule has 23 heavy (non-hydrogen) atoms. The van der Waals surface area contributed by atoms with Crippen LogP contribution in [-0.2, 0) is 0 Å². The number of benzene rings is 3. The van der Waals surface area contributed by atoms with Crippen LogP contribution in [0.4, 0.5) is 0 Å². The van der Waals surface area contributed by atoms with Gasteiger partial charge in [-0.15, -0.1) is 0 Å². The molecule has 0 saturated heterocycles. The first-order valence-corrected chi connectivity index (χ1v) is 7.81. The summed E-state index contributed by atoms with van der Waals surface area (Å²) in [5, 5.41) is 2.75. The van der Waals surface area contributed by atoms with Gasteiger partial charge in [-0.25, -0.2) is 0 Å². The van der Waals surface area contributed by atoms with Crippen molar-refractivity contribution in [3.63, 3.8) is 0 Å². The smallest absolute Gasteiger partial charge is 0.0105 e. The molecule has 0 fully saturated rings. The first-order chi connectivity index (χ1) is 11.3. The van der Waals surface area contributed by atoms with E-state index in [1.807, 2.05) is 20.2 Å². The molecule has 3 aromatic carbocycles. The molecule has 0 aliphatic carbocycles. The molecule has 0 saturated carbocycles. The van der Waals surface area contributed by atoms with E-state index in [9.17, 15) is 0 Å². The molecule has 3 aromatic rings. The van der Waals surface area contributed by atoms with Crippen molar-refractivity contribution in [1.29, 1.82) is 0 Å². The Hall–Kier alpha value is -2.64. The average Bonchev–Trinajstić information content (AvgIpc) is 2.63. The Morgan fingerprint density at radius 1 is 0.609 bits per heavy atom. The van der Waals surface area contributed by atoms with E-state index in [1.54, 1.807) is 0 Å². The van der Waals surface area contributed by atoms with Gasteiger partial charge in [0.15, 0.2) is 0 Å². The molecule has 0 atom stereocenters. The second-order valence-corrected chi connectivity index (χ2v) is 5.20. The fourth-order valence-corrected chi connectivity index (χ4v) is 2.28. The lowest BCUT2D eigenvalue weighted by atomic mass is 9.96. The highest BCUT2D eigenvalue weighted by molar-refractivity contribution is 5.91. The molecule has 1 heteroatoms. The van der Waals surface area contributed by atoms with Crippen LogP contribution in [0.2, 0.25) is 0 Å². The zero-order chi connectivity index (χ0) is 16.3. The van der Waals surface area contributed by atoms with E-state index in [1.165, 1.54) is 22.3 Å². The topological polar surface area (TPSA) is 12.0 Å². The zero-order valence-corrected chi connectivity index (χ0v) is 13.7. The molecule has 0 aromatic heterocycles. The van der Waals surface area contributed by atoms with Crippen LogP contribution in [0.1, 0.15) is 16.7 Å². The molecule has 0 radical (unpaired) electrons. The summed E-state index contributed by atoms with van der Waals surface area (Å²) in [5.74, 6) is 0. The van der Waals surface area contributed by atoms with Gasteiger partial charge >= 0.3 is 0 Å². The standard InChI is InChI=1S/C20H16.C2H7N/c1-4-10-17(11-5-1)16-20(18-12-6-2-7-13-18)19-14-8-3-9-15-19;1-3-2/h1-16H;3H,1-2H3. The highest BCUT2D eigenvalue weighted by Crippen LogP contribution is 2.25. The van der Waals surface area contributed by atoms with Crippen LogP contribution in [-0.4, -0.2) is 14.1 Å². The maximum Gasteiger partial charge on any atom is -0.0105 e. The first kappa shape index (κ1) is 16.7. The zero-order valence-electron chi connectivity index (χ0n) is 13.7. The maximum atomic E-state index is 2.75. The van der Waals surface area contributed by atoms with Crippen LogP contribution >= 0.6 is 0 Å². The molecule has 116 valence electrons. The molecular formula is C22H23N. The Balaban J connectivity index is 0.000000595. The summed E-state index contributed by atoms with van der Waals surface area (Å²) in [7, 11) is 3.75. The van der Waals surface area contributed by atoms with Gasteiger partial charge in [0, 0.05) is 0 Å². The van der Waals surface area contributed by atoms with Crippen molar-refractivity contribution in [2.75, 3.05) is 14.1 Å². The van der Waals surface area contributed by atoms with Crippen LogP contribution in [0.25, 0.3) is 11.6 Å². The lowest BCUT2D eigenvalue weighted by molar-refractivity contribution is 1.02. The van der Waals surface area contributed by atoms with E-state index in [2.05, 4.69) is 96.3 Å². The number of hydrogen-bond acceptors (Lipinski definition) is 1. The van der Waals surface area contributed by atoms with E-state index >= 15 is 0 Å². The normalized spacial score (nSPS) is 9.48. The Kier molecular flexibility index (Phi) is 6.83. The van der Waals surface area contributed by atoms with Crippen molar-refractivity contribution in [2.45, 2.75) is 0 Å². The van der Waals surface area contributed by atoms with Crippen molar-refractivity contribution in [2.24, 2.45) is 0 Å². The second kappa shape index (κ2) is 9.39. The Labute approximate surface area is 139 Å². The Morgan fingerprint density at radius 2 is 0.957 bits per heavy atom. The number of nitrogens with one attached hydrogen (secondary N) is 1. The Morgan fingerprint density at radius 3 is 1.35 bits per heavy atom. The second-order valence-electron chi connectivity index (χ2n) is 5.20. The monoisotopic (exact) mass is 301 g/mol. The highest BCUT2D eigenvalue weighted by atomic mass is 14.7. The minimum absolute atomic E-state index is 1.22. The van der Waals surface area contributed by atoms with Crippen LogP contribution in [0.15, 0.2) is 91.0 Å². The van der Waals surface area contributed by atoms with Gasteiger partial charge in [-0.2, -0.15) is 0 Å². The summed E-state index contributed by atoms with van der Waals surface area (Å²) in [4.78, 5) is 0. The SMILES string of the molecule is C(=C(c1ccccc1)c1ccccc1)c1ccccc1.CNC. The molecule has 0 unspecified atom stereocenters. The molecule has 0 aliphatic rings. The molecule has 0 spiro atoms. The largest absolute Gasteiger partial charge is 0.323 e. The van der Waals surface area contributed by atoms with Crippen molar-refractivity contribution < 1.29 is 0 Å². The third-order valence-corrected chi connectivity index (χ3v) is 3.28. The summed E-state index contributed by atoms with van der Waals surface area (Å²) in [6.45, 7) is 0. The van der Waals surface area contributed by atoms with Crippen LogP contribution in [0.5, 0.6) is 0 Å². The fourth-order valence-electron chi connectivity index (χ4n) is 2.28. The van der Waals surface area contributed by atoms with Gasteiger partial charge in [0.25, 0.3) is 0 Å². The summed E-state index contributed by atoms with van der Waals surface area (Å²) in [6.07, 6.45) is 2.24. The van der Waals surface area contributed by atoms with Gasteiger partial charge < -0.3 is 5.32 Å². The van der Waals surface area contributed by atoms with Crippen LogP contribution in [0.3, 0.4) is 0 Å². The highest BCUT2D eigenvalue weighted by Gasteiger charge is 2.04. The van der Waals surface area contributed by atoms with E-state index in [0.717, 1.165) is 0 Å². The van der Waals surface area contributed by atoms with Gasteiger partial charge in [0.1, 0.15) is 0 Å². The van der Waals surface area contributed by atoms with Gasteiger partial charge in [-0.05, 0) is 42.4 Å². The Bertz CT molecular complexity index is 659. The minimum Gasteiger partial charge on any atom is -0.323 e. The number of hydrogen-bond donors (Lipinski definition) is 1. The van der Waals surface area contributed by atoms with E-state index in [-0.39, 0.29) is 0 Å². The lowest BCUT2D eigenvalue weighted by Crippen LogP contribution is -1.89. The summed E-state index contributed by atoms with van der Waals surface area (Å²) in [5.41, 5.74) is 4.94. The van der Waals surface area contributed by atoms with Crippen molar-refractivity contribution >= 4 is 11.6 Å². The predicted molar refractivity (Wildman–Crippen MR) is 101 cm³/mol. The van der Waals surface area contributed by atoms with Gasteiger partial charge in [-0.1, -0.05) is 91.0 Å². The van der Waals surface area contributed by atoms with Gasteiger partial charge in [0.2, 0.25) is 0 Å². The van der Waals surface area contributed by atoms with E-state index in [0.29, 0.717) is 0 Å². The molecule has 3 rings (SSSR count). The van der Waals surface area contributed by atoms with E-state index in [4.69, 9.17) is 0 Å². The maximum absolute atomic E-state index is 2.75. The molecule has 0 bridgehead atoms. The molecule has 0 aliphatic heterocycles. The summed E-state index contributed by atoms with van der Waals surface area (Å²) < 4.78 is 0. The third-order valence-electron chi connectivity index (χ3n) is 3.28. The van der Waals surface area contributed by atoms with Crippen molar-refractivity contribution in [1.82, 2.24) is 5.32 Å². The summed E-state index contributed by atoms with van der Waals surface area (Å²) in [6, 6.07) is 31.5. The van der Waals surface area contributed by atoms with E-state index < -0.39 is 0 Å². The summed E-state index contributed by atoms with van der Waals surface area (Å²) >= 11 is 0. The van der Waals surface area contributed by atoms with Crippen LogP contribution < -0.4 is 5.32 Å². The molecule has 0 heterocycles. The third kappa shape index (κ3) is 5.24. The lowest BCUT2D eigenvalue weighted by Gasteiger charge is -2.08. The molecule has 1 nitrogen and oxygen atoms in total. The molecule has 1 N–H and O–H groups in total. The minimum atomic E-state index is 1.22. The van der Waals surface area contributed by atoms with Crippen molar-refractivity contribution in [3.05, 3.63) is 108 Å². The molecule has 0 amide bonds. The average molecular weight is 301 g/mol. The fraction of sp³-hybridized carbons (Fsp3) is 0.0909.